The zero-order valence-electron chi connectivity index (χ0n) is 9.38. The van der Waals surface area contributed by atoms with Gasteiger partial charge in [-0.2, -0.15) is 11.8 Å². The minimum atomic E-state index is 0.429. The fourth-order valence-corrected chi connectivity index (χ4v) is 3.83. The van der Waals surface area contributed by atoms with Crippen LogP contribution in [0.2, 0.25) is 0 Å². The summed E-state index contributed by atoms with van der Waals surface area (Å²) in [5.74, 6) is 1.32. The van der Waals surface area contributed by atoms with Crippen molar-refractivity contribution in [2.75, 3.05) is 17.6 Å². The highest BCUT2D eigenvalue weighted by atomic mass is 32.2. The van der Waals surface area contributed by atoms with Crippen molar-refractivity contribution in [2.45, 2.75) is 37.9 Å². The average Bonchev–Trinajstić information content (AvgIpc) is 2.84. The summed E-state index contributed by atoms with van der Waals surface area (Å²) in [6.07, 6.45) is 3.72. The predicted octanol–water partition coefficient (Wildman–Crippen LogP) is 3.40. The maximum Gasteiger partial charge on any atom is 0.182 e. The van der Waals surface area contributed by atoms with Gasteiger partial charge in [0, 0.05) is 16.7 Å². The van der Waals surface area contributed by atoms with Crippen molar-refractivity contribution in [3.63, 3.8) is 0 Å². The molecule has 0 saturated carbocycles. The van der Waals surface area contributed by atoms with Crippen LogP contribution in [0.4, 0.5) is 5.13 Å². The van der Waals surface area contributed by atoms with Crippen LogP contribution in [-0.2, 0) is 6.42 Å². The number of anilines is 1. The summed E-state index contributed by atoms with van der Waals surface area (Å²) in [5.41, 5.74) is 1.20. The van der Waals surface area contributed by atoms with Gasteiger partial charge in [-0.15, -0.1) is 11.3 Å². The highest BCUT2D eigenvalue weighted by Gasteiger charge is 2.29. The van der Waals surface area contributed by atoms with E-state index < -0.39 is 0 Å². The maximum atomic E-state index is 4.52. The van der Waals surface area contributed by atoms with Crippen molar-refractivity contribution in [3.8, 4) is 0 Å². The zero-order valence-corrected chi connectivity index (χ0v) is 11.0. The smallest absolute Gasteiger partial charge is 0.182 e. The predicted molar refractivity (Wildman–Crippen MR) is 70.1 cm³/mol. The van der Waals surface area contributed by atoms with Gasteiger partial charge in [0.1, 0.15) is 0 Å². The van der Waals surface area contributed by atoms with E-state index in [0.717, 1.165) is 18.1 Å². The minimum absolute atomic E-state index is 0.429. The number of rotatable bonds is 4. The van der Waals surface area contributed by atoms with Gasteiger partial charge in [-0.3, -0.25) is 0 Å². The van der Waals surface area contributed by atoms with Gasteiger partial charge in [0.15, 0.2) is 5.13 Å². The Morgan fingerprint density at radius 3 is 3.07 bits per heavy atom. The molecule has 1 unspecified atom stereocenters. The van der Waals surface area contributed by atoms with Gasteiger partial charge in [0.25, 0.3) is 0 Å². The molecule has 84 valence electrons. The van der Waals surface area contributed by atoms with Gasteiger partial charge in [0.2, 0.25) is 0 Å². The summed E-state index contributed by atoms with van der Waals surface area (Å²) in [5, 5.41) is 6.70. The van der Waals surface area contributed by atoms with Crippen LogP contribution in [0.1, 0.15) is 32.4 Å². The van der Waals surface area contributed by atoms with Crippen LogP contribution in [0.3, 0.4) is 0 Å². The lowest BCUT2D eigenvalue weighted by atomic mass is 10.1. The van der Waals surface area contributed by atoms with Crippen LogP contribution in [0.5, 0.6) is 0 Å². The molecule has 2 rings (SSSR count). The number of nitrogens with zero attached hydrogens (tertiary/aromatic N) is 1. The molecule has 2 nitrogen and oxygen atoms in total. The number of hydrogen-bond donors (Lipinski definition) is 1. The Hall–Kier alpha value is -0.220. The molecule has 0 aliphatic carbocycles. The second kappa shape index (κ2) is 4.74. The number of hydrogen-bond acceptors (Lipinski definition) is 4. The normalized spacial score (nSPS) is 25.7. The Labute approximate surface area is 99.9 Å². The summed E-state index contributed by atoms with van der Waals surface area (Å²) in [6, 6.07) is 0. The third-order valence-electron chi connectivity index (χ3n) is 2.83. The van der Waals surface area contributed by atoms with Gasteiger partial charge in [-0.1, -0.05) is 6.92 Å². The summed E-state index contributed by atoms with van der Waals surface area (Å²) in [6.45, 7) is 5.55. The lowest BCUT2D eigenvalue weighted by molar-refractivity contribution is 0.634. The van der Waals surface area contributed by atoms with E-state index in [1.54, 1.807) is 11.3 Å². The Kier molecular flexibility index (Phi) is 3.57. The number of aromatic nitrogens is 1. The van der Waals surface area contributed by atoms with Crippen molar-refractivity contribution in [1.82, 2.24) is 4.98 Å². The molecule has 1 aromatic heterocycles. The third-order valence-corrected chi connectivity index (χ3v) is 5.22. The van der Waals surface area contributed by atoms with E-state index >= 15 is 0 Å². The van der Waals surface area contributed by atoms with Crippen molar-refractivity contribution < 1.29 is 0 Å². The molecule has 2 heterocycles. The fourth-order valence-electron chi connectivity index (χ4n) is 1.79. The van der Waals surface area contributed by atoms with Crippen LogP contribution in [0.15, 0.2) is 5.38 Å². The number of thioether (sulfide) groups is 1. The zero-order chi connectivity index (χ0) is 10.7. The Morgan fingerprint density at radius 2 is 2.47 bits per heavy atom. The van der Waals surface area contributed by atoms with Gasteiger partial charge in [0.05, 0.1) is 5.69 Å². The Bertz CT molecular complexity index is 316. The number of nitrogens with one attached hydrogen (secondary N) is 1. The largest absolute Gasteiger partial charge is 0.360 e. The van der Waals surface area contributed by atoms with E-state index in [1.807, 2.05) is 0 Å². The molecule has 0 aromatic carbocycles. The molecule has 0 radical (unpaired) electrons. The second-order valence-corrected chi connectivity index (χ2v) is 6.79. The molecule has 4 heteroatoms. The molecule has 1 aromatic rings. The van der Waals surface area contributed by atoms with Crippen LogP contribution in [-0.4, -0.2) is 22.0 Å². The molecule has 1 atom stereocenters. The number of thiazole rings is 1. The topological polar surface area (TPSA) is 24.9 Å². The molecule has 1 fully saturated rings. The SMILES string of the molecule is CCc1csc(NCC2(C)CCCS2)n1. The van der Waals surface area contributed by atoms with Crippen molar-refractivity contribution >= 4 is 28.2 Å². The number of aryl methyl sites for hydroxylation is 1. The van der Waals surface area contributed by atoms with Crippen molar-refractivity contribution in [2.24, 2.45) is 0 Å². The van der Waals surface area contributed by atoms with Gasteiger partial charge in [-0.25, -0.2) is 4.98 Å². The molecule has 0 spiro atoms. The Balaban J connectivity index is 1.87. The first-order chi connectivity index (χ1) is 7.22. The lowest BCUT2D eigenvalue weighted by Crippen LogP contribution is -2.26. The average molecular weight is 242 g/mol. The van der Waals surface area contributed by atoms with Gasteiger partial charge < -0.3 is 5.32 Å². The highest BCUT2D eigenvalue weighted by Crippen LogP contribution is 2.37. The Morgan fingerprint density at radius 1 is 1.60 bits per heavy atom. The van der Waals surface area contributed by atoms with Crippen LogP contribution in [0, 0.1) is 0 Å². The van der Waals surface area contributed by atoms with Crippen LogP contribution < -0.4 is 5.32 Å². The lowest BCUT2D eigenvalue weighted by Gasteiger charge is -2.22. The van der Waals surface area contributed by atoms with Crippen LogP contribution in [0.25, 0.3) is 0 Å². The first-order valence-corrected chi connectivity index (χ1v) is 7.41. The van der Waals surface area contributed by atoms with Crippen molar-refractivity contribution in [1.29, 1.82) is 0 Å². The van der Waals surface area contributed by atoms with E-state index in [2.05, 4.69) is 41.3 Å². The molecular formula is C11H18N2S2. The molecule has 15 heavy (non-hydrogen) atoms. The molecule has 0 amide bonds. The van der Waals surface area contributed by atoms with Crippen LogP contribution >= 0.6 is 23.1 Å². The minimum Gasteiger partial charge on any atom is -0.360 e. The highest BCUT2D eigenvalue weighted by molar-refractivity contribution is 8.00. The van der Waals surface area contributed by atoms with E-state index in [4.69, 9.17) is 0 Å². The molecule has 1 saturated heterocycles. The first-order valence-electron chi connectivity index (χ1n) is 5.54. The second-order valence-electron chi connectivity index (χ2n) is 4.25. The van der Waals surface area contributed by atoms with E-state index in [9.17, 15) is 0 Å². The summed E-state index contributed by atoms with van der Waals surface area (Å²) in [7, 11) is 0. The molecule has 1 aliphatic rings. The van der Waals surface area contributed by atoms with E-state index in [-0.39, 0.29) is 0 Å². The molecular weight excluding hydrogens is 224 g/mol. The third kappa shape index (κ3) is 2.88. The first kappa shape index (κ1) is 11.3. The fraction of sp³-hybridized carbons (Fsp3) is 0.727. The molecule has 0 bridgehead atoms. The molecule has 1 N–H and O–H groups in total. The van der Waals surface area contributed by atoms with Gasteiger partial charge >= 0.3 is 0 Å². The molecule has 1 aliphatic heterocycles. The van der Waals surface area contributed by atoms with E-state index in [1.165, 1.54) is 24.3 Å². The summed E-state index contributed by atoms with van der Waals surface area (Å²) >= 11 is 3.82. The summed E-state index contributed by atoms with van der Waals surface area (Å²) in [4.78, 5) is 4.52. The van der Waals surface area contributed by atoms with Gasteiger partial charge in [-0.05, 0) is 31.9 Å². The quantitative estimate of drug-likeness (QED) is 0.876. The standard InChI is InChI=1S/C11H18N2S2/c1-3-9-7-14-10(13-9)12-8-11(2)5-4-6-15-11/h7H,3-6,8H2,1-2H3,(H,12,13). The monoisotopic (exact) mass is 242 g/mol. The van der Waals surface area contributed by atoms with Crippen molar-refractivity contribution in [3.05, 3.63) is 11.1 Å². The van der Waals surface area contributed by atoms with E-state index in [0.29, 0.717) is 4.75 Å². The maximum absolute atomic E-state index is 4.52. The summed E-state index contributed by atoms with van der Waals surface area (Å²) < 4.78 is 0.429.